The first kappa shape index (κ1) is 76.9. The van der Waals surface area contributed by atoms with Crippen molar-refractivity contribution in [2.75, 3.05) is 0 Å². The lowest BCUT2D eigenvalue weighted by Crippen LogP contribution is -2.00. The number of hydrogen-bond acceptors (Lipinski definition) is 0. The van der Waals surface area contributed by atoms with Crippen LogP contribution in [0.5, 0.6) is 0 Å². The van der Waals surface area contributed by atoms with Gasteiger partial charge >= 0.3 is 0 Å². The summed E-state index contributed by atoms with van der Waals surface area (Å²) in [4.78, 5) is 3.38. The number of rotatable bonds is 10. The molecule has 0 amide bonds. The number of benzene rings is 22. The molecule has 3 aromatic heterocycles. The average molecular weight is 1740 g/mol. The normalized spacial score (nSPS) is 11.5. The van der Waals surface area contributed by atoms with Gasteiger partial charge in [-0.05, 0) is 239 Å². The SMILES string of the molecule is Brc1ccc2c(c1)c1cc(Br)ccc1c1c(-c3ccccc3)c(-c3ccccc3)c(-c3ccccc3)c(-c3ccccc3)c21.C.c1ccc(-c2c(-c3ccccc3)c(-c3ccccc3)c3c4ccc(-n5c6ccccc6c6ccccc65)cc4c4cc(-n5c6ccccc6c6ccccc65)ccc4c3c2-c2ccccc2)cc1.c1ccc2c(c1)[nH]c1ccccc12. The van der Waals surface area contributed by atoms with Gasteiger partial charge in [-0.3, -0.25) is 0 Å². The molecule has 0 saturated heterocycles. The molecular weight excluding hydrogens is 1660 g/mol. The van der Waals surface area contributed by atoms with E-state index in [2.05, 4.69) is 507 Å². The van der Waals surface area contributed by atoms with Crippen LogP contribution in [-0.4, -0.2) is 14.1 Å². The number of para-hydroxylation sites is 6. The van der Waals surface area contributed by atoms with Crippen LogP contribution < -0.4 is 0 Å². The first-order valence-corrected chi connectivity index (χ1v) is 44.3. The predicted octanol–water partition coefficient (Wildman–Crippen LogP) is 35.3. The Bertz CT molecular complexity index is 7900. The number of nitrogens with one attached hydrogen (secondary N) is 1. The smallest absolute Gasteiger partial charge is 0.0541 e. The van der Waals surface area contributed by atoms with Gasteiger partial charge in [0.25, 0.3) is 0 Å². The minimum Gasteiger partial charge on any atom is -0.355 e. The predicted molar refractivity (Wildman–Crippen MR) is 548 cm³/mol. The second-order valence-corrected chi connectivity index (χ2v) is 34.1. The fraction of sp³-hybridized carbons (Fsp3) is 0.00826. The average Bonchev–Trinajstić information content (AvgIpc) is 0.967. The van der Waals surface area contributed by atoms with Gasteiger partial charge in [-0.1, -0.05) is 415 Å². The maximum absolute atomic E-state index is 3.80. The summed E-state index contributed by atoms with van der Waals surface area (Å²) in [5, 5.41) is 22.4. The molecule has 0 saturated carbocycles. The van der Waals surface area contributed by atoms with Crippen LogP contribution in [0.15, 0.2) is 470 Å². The van der Waals surface area contributed by atoms with Crippen molar-refractivity contribution in [1.82, 2.24) is 14.1 Å². The lowest BCUT2D eigenvalue weighted by Gasteiger charge is -2.27. The number of fused-ring (bicyclic) bond motifs is 21. The summed E-state index contributed by atoms with van der Waals surface area (Å²) in [6.45, 7) is 0. The second kappa shape index (κ2) is 32.5. The Kier molecular flexibility index (Phi) is 19.8. The highest BCUT2D eigenvalue weighted by atomic mass is 79.9. The third-order valence-corrected chi connectivity index (χ3v) is 26.2. The third kappa shape index (κ3) is 13.1. The molecule has 3 heterocycles. The zero-order chi connectivity index (χ0) is 83.0. The van der Waals surface area contributed by atoms with Gasteiger partial charge in [0.1, 0.15) is 0 Å². The van der Waals surface area contributed by atoms with E-state index < -0.39 is 0 Å². The van der Waals surface area contributed by atoms with Crippen molar-refractivity contribution in [3.63, 3.8) is 0 Å². The molecule has 5 heteroatoms. The molecule has 0 atom stereocenters. The zero-order valence-corrected chi connectivity index (χ0v) is 71.2. The maximum Gasteiger partial charge on any atom is 0.0541 e. The molecule has 0 aliphatic rings. The summed E-state index contributed by atoms with van der Waals surface area (Å²) in [5.74, 6) is 0. The molecule has 1 N–H and O–H groups in total. The van der Waals surface area contributed by atoms with Crippen LogP contribution in [0.25, 0.3) is 230 Å². The molecule has 126 heavy (non-hydrogen) atoms. The van der Waals surface area contributed by atoms with Crippen molar-refractivity contribution in [2.24, 2.45) is 0 Å². The van der Waals surface area contributed by atoms with E-state index in [1.165, 1.54) is 219 Å². The van der Waals surface area contributed by atoms with Gasteiger partial charge < -0.3 is 14.1 Å². The monoisotopic (exact) mass is 1730 g/mol. The lowest BCUT2D eigenvalue weighted by atomic mass is 9.76. The molecule has 3 nitrogen and oxygen atoms in total. The Labute approximate surface area is 747 Å². The highest BCUT2D eigenvalue weighted by Crippen LogP contribution is 2.58. The van der Waals surface area contributed by atoms with E-state index >= 15 is 0 Å². The van der Waals surface area contributed by atoms with E-state index in [-0.39, 0.29) is 7.43 Å². The van der Waals surface area contributed by atoms with Crippen molar-refractivity contribution < 1.29 is 0 Å². The quantitative estimate of drug-likeness (QED) is 0.132. The van der Waals surface area contributed by atoms with Gasteiger partial charge in [0.2, 0.25) is 0 Å². The van der Waals surface area contributed by atoms with Gasteiger partial charge in [0, 0.05) is 63.7 Å². The van der Waals surface area contributed by atoms with Crippen molar-refractivity contribution in [3.05, 3.63) is 470 Å². The summed E-state index contributed by atoms with van der Waals surface area (Å²) < 4.78 is 7.05. The Hall–Kier alpha value is -15.2. The standard InChI is InChI=1S/C66H42N2.C42H26Br2.C12H9N.CH4/c1-5-21-43(22-6-1)61-62(44-23-7-2-8-24-44)64(46-27-11-4-12-28-46)66-54-40-38-48(68-59-35-19-15-31-51(59)52-32-16-20-36-60(52)68)42-56(54)55-41-47(37-39-53(55)65(66)63(61)45-25-9-3-10-26-45)67-57-33-17-13-29-49(57)50-30-14-18-34-58(50)67;43-31-21-23-33-35(25-31)36-26-32(44)22-24-34(36)42-40(30-19-11-4-12-20-30)38(28-15-7-2-8-16-28)37(27-13-5-1-6-14-27)39(41(33)42)29-17-9-3-10-18-29;1-3-7-11-9(5-1)10-6-2-4-8-12(10)13-11;/h1-42H;1-26H;1-8,13H;1H4. The van der Waals surface area contributed by atoms with Gasteiger partial charge in [-0.25, -0.2) is 0 Å². The van der Waals surface area contributed by atoms with Crippen molar-refractivity contribution in [2.45, 2.75) is 7.43 Å². The number of aromatic nitrogens is 3. The van der Waals surface area contributed by atoms with Crippen LogP contribution in [0.4, 0.5) is 0 Å². The summed E-state index contributed by atoms with van der Waals surface area (Å²) in [7, 11) is 0. The molecule has 0 aliphatic carbocycles. The van der Waals surface area contributed by atoms with Crippen LogP contribution in [0.2, 0.25) is 0 Å². The van der Waals surface area contributed by atoms with Crippen molar-refractivity contribution in [3.8, 4) is 100 Å². The van der Waals surface area contributed by atoms with Crippen molar-refractivity contribution >= 4 is 162 Å². The molecule has 25 aromatic rings. The van der Waals surface area contributed by atoms with Crippen LogP contribution in [0, 0.1) is 0 Å². The largest absolute Gasteiger partial charge is 0.355 e. The van der Waals surface area contributed by atoms with E-state index in [0.717, 1.165) is 20.3 Å². The zero-order valence-electron chi connectivity index (χ0n) is 68.0. The molecule has 594 valence electrons. The van der Waals surface area contributed by atoms with Crippen LogP contribution >= 0.6 is 31.9 Å². The van der Waals surface area contributed by atoms with E-state index in [0.29, 0.717) is 0 Å². The highest BCUT2D eigenvalue weighted by Gasteiger charge is 2.31. The van der Waals surface area contributed by atoms with E-state index in [9.17, 15) is 0 Å². The van der Waals surface area contributed by atoms with Gasteiger partial charge in [-0.2, -0.15) is 0 Å². The molecule has 0 unspecified atom stereocenters. The minimum atomic E-state index is 0. The van der Waals surface area contributed by atoms with Gasteiger partial charge in [0.05, 0.1) is 22.1 Å². The van der Waals surface area contributed by atoms with Gasteiger partial charge in [-0.15, -0.1) is 0 Å². The Balaban J connectivity index is 0.000000137. The van der Waals surface area contributed by atoms with Gasteiger partial charge in [0.15, 0.2) is 0 Å². The number of halogens is 2. The minimum absolute atomic E-state index is 0. The highest BCUT2D eigenvalue weighted by molar-refractivity contribution is 9.10. The van der Waals surface area contributed by atoms with E-state index in [4.69, 9.17) is 0 Å². The number of aromatic amines is 1. The first-order valence-electron chi connectivity index (χ1n) is 42.7. The molecule has 0 aliphatic heterocycles. The van der Waals surface area contributed by atoms with Crippen LogP contribution in [0.1, 0.15) is 7.43 Å². The Morgan fingerprint density at radius 2 is 0.357 bits per heavy atom. The molecule has 0 radical (unpaired) electrons. The van der Waals surface area contributed by atoms with E-state index in [1.54, 1.807) is 0 Å². The molecule has 25 rings (SSSR count). The van der Waals surface area contributed by atoms with Crippen LogP contribution in [0.3, 0.4) is 0 Å². The molecule has 0 bridgehead atoms. The Morgan fingerprint density at radius 1 is 0.159 bits per heavy atom. The number of hydrogen-bond donors (Lipinski definition) is 1. The number of H-pyrrole nitrogens is 1. The molecule has 22 aromatic carbocycles. The topological polar surface area (TPSA) is 25.6 Å². The first-order chi connectivity index (χ1) is 61.9. The molecule has 0 fully saturated rings. The summed E-state index contributed by atoms with van der Waals surface area (Å²) in [6, 6.07) is 168. The third-order valence-electron chi connectivity index (χ3n) is 25.2. The fourth-order valence-corrected chi connectivity index (χ4v) is 20.8. The molecular formula is C121H81Br2N3. The maximum atomic E-state index is 3.80. The lowest BCUT2D eigenvalue weighted by molar-refractivity contribution is 1.18. The van der Waals surface area contributed by atoms with Crippen LogP contribution in [-0.2, 0) is 0 Å². The van der Waals surface area contributed by atoms with E-state index in [1.807, 2.05) is 0 Å². The fourth-order valence-electron chi connectivity index (χ4n) is 20.1. The Morgan fingerprint density at radius 3 is 0.611 bits per heavy atom. The number of nitrogens with zero attached hydrogens (tertiary/aromatic N) is 2. The summed E-state index contributed by atoms with van der Waals surface area (Å²) in [6.07, 6.45) is 0. The second-order valence-electron chi connectivity index (χ2n) is 32.2. The summed E-state index contributed by atoms with van der Waals surface area (Å²) in [5.41, 5.74) is 28.9. The van der Waals surface area contributed by atoms with Crippen molar-refractivity contribution in [1.29, 1.82) is 0 Å². The summed E-state index contributed by atoms with van der Waals surface area (Å²) >= 11 is 7.59. The molecule has 0 spiro atoms.